The standard InChI is InChI=1S/C10H10N2O3S/c11-7-2-3-8-6(5-7)1-4-9(10(8)12)16(13,14)15/h1-5H,11-12H2,(H,13,14,15). The van der Waals surface area contributed by atoms with Crippen LogP contribution >= 0.6 is 0 Å². The molecule has 5 nitrogen and oxygen atoms in total. The molecule has 0 aromatic heterocycles. The van der Waals surface area contributed by atoms with E-state index in [1.54, 1.807) is 24.3 Å². The van der Waals surface area contributed by atoms with Crippen LogP contribution in [0, 0.1) is 0 Å². The van der Waals surface area contributed by atoms with Crippen LogP contribution in [0.2, 0.25) is 0 Å². The summed E-state index contributed by atoms with van der Waals surface area (Å²) in [4.78, 5) is -0.287. The van der Waals surface area contributed by atoms with Gasteiger partial charge in [-0.05, 0) is 23.6 Å². The van der Waals surface area contributed by atoms with Crippen LogP contribution in [0.1, 0.15) is 0 Å². The van der Waals surface area contributed by atoms with Crippen molar-refractivity contribution in [1.29, 1.82) is 0 Å². The summed E-state index contributed by atoms with van der Waals surface area (Å²) in [5, 5.41) is 1.27. The predicted octanol–water partition coefficient (Wildman–Crippen LogP) is 1.25. The summed E-state index contributed by atoms with van der Waals surface area (Å²) in [6.45, 7) is 0. The second-order valence-electron chi connectivity index (χ2n) is 3.43. The number of hydrogen-bond donors (Lipinski definition) is 3. The van der Waals surface area contributed by atoms with Gasteiger partial charge in [-0.25, -0.2) is 0 Å². The van der Waals surface area contributed by atoms with Crippen molar-refractivity contribution in [3.63, 3.8) is 0 Å². The summed E-state index contributed by atoms with van der Waals surface area (Å²) in [6, 6.07) is 7.72. The summed E-state index contributed by atoms with van der Waals surface area (Å²) in [6.07, 6.45) is 0. The monoisotopic (exact) mass is 238 g/mol. The largest absolute Gasteiger partial charge is 0.399 e. The van der Waals surface area contributed by atoms with Gasteiger partial charge in [0.1, 0.15) is 4.90 Å². The second kappa shape index (κ2) is 3.36. The van der Waals surface area contributed by atoms with Crippen molar-refractivity contribution in [2.75, 3.05) is 11.5 Å². The fourth-order valence-corrected chi connectivity index (χ4v) is 2.21. The summed E-state index contributed by atoms with van der Waals surface area (Å²) in [7, 11) is -4.29. The molecule has 84 valence electrons. The van der Waals surface area contributed by atoms with E-state index in [4.69, 9.17) is 16.0 Å². The van der Waals surface area contributed by atoms with Crippen molar-refractivity contribution >= 4 is 32.3 Å². The Morgan fingerprint density at radius 2 is 1.75 bits per heavy atom. The predicted molar refractivity (Wildman–Crippen MR) is 62.6 cm³/mol. The van der Waals surface area contributed by atoms with Gasteiger partial charge >= 0.3 is 0 Å². The van der Waals surface area contributed by atoms with E-state index in [0.29, 0.717) is 11.1 Å². The van der Waals surface area contributed by atoms with E-state index < -0.39 is 10.1 Å². The molecule has 2 aromatic carbocycles. The minimum absolute atomic E-state index is 0.0278. The molecule has 0 unspecified atom stereocenters. The first-order valence-corrected chi connectivity index (χ1v) is 5.89. The van der Waals surface area contributed by atoms with Crippen molar-refractivity contribution < 1.29 is 13.0 Å². The molecule has 0 saturated heterocycles. The van der Waals surface area contributed by atoms with Gasteiger partial charge in [-0.15, -0.1) is 0 Å². The third-order valence-corrected chi connectivity index (χ3v) is 3.24. The normalized spacial score (nSPS) is 11.8. The van der Waals surface area contributed by atoms with Gasteiger partial charge < -0.3 is 11.5 Å². The Hall–Kier alpha value is -1.79. The van der Waals surface area contributed by atoms with Gasteiger partial charge in [-0.1, -0.05) is 12.1 Å². The summed E-state index contributed by atoms with van der Waals surface area (Å²) in [5.74, 6) is 0. The minimum Gasteiger partial charge on any atom is -0.399 e. The van der Waals surface area contributed by atoms with Crippen LogP contribution in [-0.2, 0) is 10.1 Å². The smallest absolute Gasteiger partial charge is 0.296 e. The van der Waals surface area contributed by atoms with E-state index in [9.17, 15) is 8.42 Å². The van der Waals surface area contributed by atoms with E-state index in [-0.39, 0.29) is 10.6 Å². The Labute approximate surface area is 92.4 Å². The van der Waals surface area contributed by atoms with Crippen LogP contribution in [-0.4, -0.2) is 13.0 Å². The van der Waals surface area contributed by atoms with Crippen molar-refractivity contribution in [1.82, 2.24) is 0 Å². The molecule has 0 spiro atoms. The highest BCUT2D eigenvalue weighted by Gasteiger charge is 2.15. The molecule has 0 heterocycles. The molecule has 0 aliphatic carbocycles. The molecule has 6 heteroatoms. The molecule has 16 heavy (non-hydrogen) atoms. The van der Waals surface area contributed by atoms with Crippen molar-refractivity contribution in [3.8, 4) is 0 Å². The first-order valence-electron chi connectivity index (χ1n) is 4.45. The quantitative estimate of drug-likeness (QED) is 0.512. The lowest BCUT2D eigenvalue weighted by molar-refractivity contribution is 0.484. The van der Waals surface area contributed by atoms with Gasteiger partial charge in [0, 0.05) is 11.1 Å². The van der Waals surface area contributed by atoms with Crippen molar-refractivity contribution in [3.05, 3.63) is 30.3 Å². The average Bonchev–Trinajstić information content (AvgIpc) is 2.15. The van der Waals surface area contributed by atoms with E-state index in [1.165, 1.54) is 6.07 Å². The van der Waals surface area contributed by atoms with Gasteiger partial charge in [0.2, 0.25) is 0 Å². The van der Waals surface area contributed by atoms with Crippen molar-refractivity contribution in [2.45, 2.75) is 4.90 Å². The van der Waals surface area contributed by atoms with Crippen molar-refractivity contribution in [2.24, 2.45) is 0 Å². The molecule has 2 rings (SSSR count). The number of fused-ring (bicyclic) bond motifs is 1. The summed E-state index contributed by atoms with van der Waals surface area (Å²) < 4.78 is 31.0. The molecule has 0 amide bonds. The van der Waals surface area contributed by atoms with Gasteiger partial charge in [-0.2, -0.15) is 8.42 Å². The zero-order valence-electron chi connectivity index (χ0n) is 8.21. The summed E-state index contributed by atoms with van der Waals surface area (Å²) >= 11 is 0. The van der Waals surface area contributed by atoms with E-state index in [0.717, 1.165) is 5.39 Å². The van der Waals surface area contributed by atoms with Crippen LogP contribution in [0.3, 0.4) is 0 Å². The fraction of sp³-hybridized carbons (Fsp3) is 0. The minimum atomic E-state index is -4.29. The van der Waals surface area contributed by atoms with Crippen LogP contribution in [0.4, 0.5) is 11.4 Å². The zero-order valence-corrected chi connectivity index (χ0v) is 9.03. The maximum atomic E-state index is 11.0. The Morgan fingerprint density at radius 1 is 1.06 bits per heavy atom. The topological polar surface area (TPSA) is 106 Å². The van der Waals surface area contributed by atoms with Gasteiger partial charge in [0.25, 0.3) is 10.1 Å². The number of hydrogen-bond acceptors (Lipinski definition) is 4. The highest BCUT2D eigenvalue weighted by Crippen LogP contribution is 2.29. The maximum absolute atomic E-state index is 11.0. The van der Waals surface area contributed by atoms with Gasteiger partial charge in [0.15, 0.2) is 0 Å². The lowest BCUT2D eigenvalue weighted by atomic mass is 10.1. The highest BCUT2D eigenvalue weighted by molar-refractivity contribution is 7.86. The fourth-order valence-electron chi connectivity index (χ4n) is 1.58. The Bertz CT molecular complexity index is 665. The van der Waals surface area contributed by atoms with E-state index in [1.807, 2.05) is 0 Å². The first kappa shape index (κ1) is 10.7. The Balaban J connectivity index is 2.86. The average molecular weight is 238 g/mol. The molecule has 0 atom stereocenters. The molecule has 0 aliphatic heterocycles. The Kier molecular flexibility index (Phi) is 2.25. The van der Waals surface area contributed by atoms with Crippen LogP contribution in [0.15, 0.2) is 35.2 Å². The maximum Gasteiger partial charge on any atom is 0.296 e. The third-order valence-electron chi connectivity index (χ3n) is 2.32. The molecule has 0 fully saturated rings. The number of anilines is 2. The van der Waals surface area contributed by atoms with Gasteiger partial charge in [0.05, 0.1) is 5.69 Å². The molecule has 0 radical (unpaired) electrons. The highest BCUT2D eigenvalue weighted by atomic mass is 32.2. The molecule has 5 N–H and O–H groups in total. The molecule has 2 aromatic rings. The van der Waals surface area contributed by atoms with E-state index >= 15 is 0 Å². The molecule has 0 aliphatic rings. The molecule has 0 bridgehead atoms. The Morgan fingerprint density at radius 3 is 2.38 bits per heavy atom. The molecular formula is C10H10N2O3S. The molecule has 0 saturated carbocycles. The van der Waals surface area contributed by atoms with Gasteiger partial charge in [-0.3, -0.25) is 4.55 Å². The first-order chi connectivity index (χ1) is 7.39. The van der Waals surface area contributed by atoms with Crippen LogP contribution in [0.25, 0.3) is 10.8 Å². The van der Waals surface area contributed by atoms with E-state index in [2.05, 4.69) is 0 Å². The lowest BCUT2D eigenvalue weighted by Crippen LogP contribution is -2.03. The summed E-state index contributed by atoms with van der Waals surface area (Å²) in [5.41, 5.74) is 11.9. The second-order valence-corrected chi connectivity index (χ2v) is 4.82. The number of rotatable bonds is 1. The third kappa shape index (κ3) is 1.68. The SMILES string of the molecule is Nc1ccc2c(N)c(S(=O)(=O)O)ccc2c1. The van der Waals surface area contributed by atoms with Crippen LogP contribution < -0.4 is 11.5 Å². The number of benzene rings is 2. The number of nitrogens with two attached hydrogens (primary N) is 2. The number of nitrogen functional groups attached to an aromatic ring is 2. The molecular weight excluding hydrogens is 228 g/mol. The zero-order chi connectivity index (χ0) is 11.9. The van der Waals surface area contributed by atoms with Crippen LogP contribution in [0.5, 0.6) is 0 Å². The lowest BCUT2D eigenvalue weighted by Gasteiger charge is -2.07.